The van der Waals surface area contributed by atoms with Crippen molar-refractivity contribution in [2.75, 3.05) is 6.54 Å². The second-order valence-corrected chi connectivity index (χ2v) is 6.74. The first-order chi connectivity index (χ1) is 8.81. The van der Waals surface area contributed by atoms with Crippen molar-refractivity contribution in [3.05, 3.63) is 15.8 Å². The first kappa shape index (κ1) is 14.0. The Labute approximate surface area is 113 Å². The Morgan fingerprint density at radius 1 is 1.58 bits per heavy atom. The monoisotopic (exact) mass is 304 g/mol. The third-order valence-electron chi connectivity index (χ3n) is 2.68. The second-order valence-electron chi connectivity index (χ2n) is 4.21. The van der Waals surface area contributed by atoms with Gasteiger partial charge in [-0.25, -0.2) is 17.9 Å². The molecule has 104 valence electrons. The second kappa shape index (κ2) is 4.91. The quantitative estimate of drug-likeness (QED) is 0.720. The van der Waals surface area contributed by atoms with E-state index in [1.165, 1.54) is 12.3 Å². The van der Waals surface area contributed by atoms with E-state index in [-0.39, 0.29) is 28.6 Å². The summed E-state index contributed by atoms with van der Waals surface area (Å²) in [4.78, 5) is 21.6. The molecular formula is C10H12N2O5S2. The van der Waals surface area contributed by atoms with Crippen molar-refractivity contribution in [1.82, 2.24) is 10.0 Å². The van der Waals surface area contributed by atoms with Crippen molar-refractivity contribution >= 4 is 33.2 Å². The Morgan fingerprint density at radius 2 is 2.26 bits per heavy atom. The molecule has 2 heterocycles. The van der Waals surface area contributed by atoms with Crippen LogP contribution in [-0.4, -0.2) is 38.0 Å². The maximum Gasteiger partial charge on any atom is 0.347 e. The zero-order chi connectivity index (χ0) is 14.2. The molecule has 0 aromatic carbocycles. The molecule has 1 aliphatic heterocycles. The lowest BCUT2D eigenvalue weighted by Gasteiger charge is -2.11. The lowest BCUT2D eigenvalue weighted by Crippen LogP contribution is -2.36. The van der Waals surface area contributed by atoms with E-state index in [0.717, 1.165) is 11.3 Å². The fraction of sp³-hybridized carbons (Fsp3) is 0.400. The molecule has 0 radical (unpaired) electrons. The Morgan fingerprint density at radius 3 is 2.79 bits per heavy atom. The van der Waals surface area contributed by atoms with Crippen LogP contribution >= 0.6 is 11.3 Å². The summed E-state index contributed by atoms with van der Waals surface area (Å²) in [7, 11) is -3.94. The summed E-state index contributed by atoms with van der Waals surface area (Å²) in [5.74, 6) is -1.51. The number of aromatic carboxylic acids is 1. The minimum Gasteiger partial charge on any atom is -0.477 e. The van der Waals surface area contributed by atoms with Crippen LogP contribution in [0, 0.1) is 6.92 Å². The van der Waals surface area contributed by atoms with E-state index in [0.29, 0.717) is 5.56 Å². The molecule has 0 saturated carbocycles. The first-order valence-electron chi connectivity index (χ1n) is 5.41. The minimum atomic E-state index is -3.94. The van der Waals surface area contributed by atoms with Gasteiger partial charge in [0.15, 0.2) is 0 Å². The number of carbonyl (C=O) groups excluding carboxylic acids is 1. The number of rotatable bonds is 4. The van der Waals surface area contributed by atoms with Gasteiger partial charge in [-0.3, -0.25) is 4.79 Å². The van der Waals surface area contributed by atoms with E-state index in [1.54, 1.807) is 0 Å². The number of carboxylic acid groups (broad SMARTS) is 1. The highest BCUT2D eigenvalue weighted by molar-refractivity contribution is 7.89. The van der Waals surface area contributed by atoms with Gasteiger partial charge in [0.2, 0.25) is 15.9 Å². The number of sulfonamides is 1. The molecule has 0 bridgehead atoms. The maximum atomic E-state index is 12.2. The number of thiophene rings is 1. The van der Waals surface area contributed by atoms with Crippen LogP contribution in [0.3, 0.4) is 0 Å². The molecule has 2 rings (SSSR count). The first-order valence-corrected chi connectivity index (χ1v) is 7.78. The number of hydrogen-bond acceptors (Lipinski definition) is 5. The Hall–Kier alpha value is -1.45. The molecule has 1 aromatic heterocycles. The summed E-state index contributed by atoms with van der Waals surface area (Å²) >= 11 is 0.868. The number of hydrogen-bond donors (Lipinski definition) is 3. The standard InChI is InChI=1S/C10H12N2O5S2/c1-5-4-18-8(10(14)15)9(5)19(16,17)12-6-2-7(13)11-3-6/h4,6,12H,2-3H2,1H3,(H,11,13)(H,14,15). The molecule has 19 heavy (non-hydrogen) atoms. The van der Waals surface area contributed by atoms with E-state index in [9.17, 15) is 18.0 Å². The average Bonchev–Trinajstić information content (AvgIpc) is 2.84. The Bertz CT molecular complexity index is 634. The van der Waals surface area contributed by atoms with Gasteiger partial charge in [0.25, 0.3) is 0 Å². The zero-order valence-electron chi connectivity index (χ0n) is 9.97. The van der Waals surface area contributed by atoms with Crippen molar-refractivity contribution in [2.24, 2.45) is 0 Å². The maximum absolute atomic E-state index is 12.2. The van der Waals surface area contributed by atoms with Gasteiger partial charge in [0.05, 0.1) is 0 Å². The molecular weight excluding hydrogens is 292 g/mol. The van der Waals surface area contributed by atoms with Crippen LogP contribution in [0.25, 0.3) is 0 Å². The summed E-state index contributed by atoms with van der Waals surface area (Å²) in [6.07, 6.45) is 0.0603. The van der Waals surface area contributed by atoms with Crippen LogP contribution in [0.1, 0.15) is 21.7 Å². The fourth-order valence-corrected chi connectivity index (χ4v) is 4.75. The number of nitrogens with one attached hydrogen (secondary N) is 2. The van der Waals surface area contributed by atoms with Gasteiger partial charge >= 0.3 is 5.97 Å². The van der Waals surface area contributed by atoms with Crippen LogP contribution < -0.4 is 10.0 Å². The summed E-state index contributed by atoms with van der Waals surface area (Å²) in [6.45, 7) is 1.75. The minimum absolute atomic E-state index is 0.0603. The van der Waals surface area contributed by atoms with Crippen LogP contribution in [0.5, 0.6) is 0 Å². The Kier molecular flexibility index (Phi) is 3.61. The number of carboxylic acids is 1. The third kappa shape index (κ3) is 2.77. The van der Waals surface area contributed by atoms with Crippen molar-refractivity contribution in [3.8, 4) is 0 Å². The summed E-state index contributed by atoms with van der Waals surface area (Å²) in [5.41, 5.74) is 0.382. The smallest absolute Gasteiger partial charge is 0.347 e. The summed E-state index contributed by atoms with van der Waals surface area (Å²) < 4.78 is 26.7. The molecule has 7 nitrogen and oxygen atoms in total. The molecule has 1 unspecified atom stereocenters. The van der Waals surface area contributed by atoms with Crippen molar-refractivity contribution in [3.63, 3.8) is 0 Å². The van der Waals surface area contributed by atoms with Gasteiger partial charge in [-0.05, 0) is 17.9 Å². The van der Waals surface area contributed by atoms with Crippen LogP contribution in [-0.2, 0) is 14.8 Å². The molecule has 1 aromatic rings. The van der Waals surface area contributed by atoms with Gasteiger partial charge in [-0.2, -0.15) is 0 Å². The number of carbonyl (C=O) groups is 2. The van der Waals surface area contributed by atoms with Crippen molar-refractivity contribution in [2.45, 2.75) is 24.3 Å². The van der Waals surface area contributed by atoms with Gasteiger partial charge in [-0.15, -0.1) is 11.3 Å². The molecule has 1 aliphatic rings. The predicted molar refractivity (Wildman–Crippen MR) is 67.8 cm³/mol. The molecule has 3 N–H and O–H groups in total. The third-order valence-corrected chi connectivity index (χ3v) is 5.60. The topological polar surface area (TPSA) is 113 Å². The van der Waals surface area contributed by atoms with Crippen LogP contribution in [0.15, 0.2) is 10.3 Å². The van der Waals surface area contributed by atoms with Gasteiger partial charge in [0.1, 0.15) is 9.77 Å². The van der Waals surface area contributed by atoms with E-state index in [1.807, 2.05) is 0 Å². The highest BCUT2D eigenvalue weighted by Gasteiger charge is 2.31. The fourth-order valence-electron chi connectivity index (χ4n) is 1.88. The van der Waals surface area contributed by atoms with E-state index >= 15 is 0 Å². The zero-order valence-corrected chi connectivity index (χ0v) is 11.6. The largest absolute Gasteiger partial charge is 0.477 e. The molecule has 1 amide bonds. The van der Waals surface area contributed by atoms with E-state index < -0.39 is 22.0 Å². The molecule has 1 saturated heterocycles. The van der Waals surface area contributed by atoms with Gasteiger partial charge < -0.3 is 10.4 Å². The average molecular weight is 304 g/mol. The SMILES string of the molecule is Cc1csc(C(=O)O)c1S(=O)(=O)NC1CNC(=O)C1. The summed E-state index contributed by atoms with van der Waals surface area (Å²) in [5, 5.41) is 13.0. The highest BCUT2D eigenvalue weighted by Crippen LogP contribution is 2.27. The molecule has 0 spiro atoms. The van der Waals surface area contributed by atoms with Crippen LogP contribution in [0.4, 0.5) is 0 Å². The van der Waals surface area contributed by atoms with E-state index in [4.69, 9.17) is 5.11 Å². The molecule has 1 atom stereocenters. The van der Waals surface area contributed by atoms with Crippen molar-refractivity contribution in [1.29, 1.82) is 0 Å². The normalized spacial score (nSPS) is 19.4. The molecule has 9 heteroatoms. The molecule has 1 fully saturated rings. The lowest BCUT2D eigenvalue weighted by atomic mass is 10.3. The number of aryl methyl sites for hydroxylation is 1. The van der Waals surface area contributed by atoms with Gasteiger partial charge in [-0.1, -0.05) is 0 Å². The van der Waals surface area contributed by atoms with Crippen molar-refractivity contribution < 1.29 is 23.1 Å². The van der Waals surface area contributed by atoms with E-state index in [2.05, 4.69) is 10.0 Å². The predicted octanol–water partition coefficient (Wildman–Crippen LogP) is -0.0785. The number of amides is 1. The molecule has 0 aliphatic carbocycles. The highest BCUT2D eigenvalue weighted by atomic mass is 32.2. The Balaban J connectivity index is 2.32. The lowest BCUT2D eigenvalue weighted by molar-refractivity contribution is -0.119. The van der Waals surface area contributed by atoms with Gasteiger partial charge in [0, 0.05) is 19.0 Å². The summed E-state index contributed by atoms with van der Waals surface area (Å²) in [6, 6.07) is -0.543. The van der Waals surface area contributed by atoms with Crippen LogP contribution in [0.2, 0.25) is 0 Å².